The quantitative estimate of drug-likeness (QED) is 0.607. The molecular weight excluding hydrogens is 262 g/mol. The fourth-order valence-corrected chi connectivity index (χ4v) is 2.29. The number of ether oxygens (including phenoxy) is 1. The van der Waals surface area contributed by atoms with Crippen LogP contribution in [0.15, 0.2) is 17.2 Å². The lowest BCUT2D eigenvalue weighted by molar-refractivity contribution is 0.158. The molecule has 0 saturated carbocycles. The van der Waals surface area contributed by atoms with Crippen molar-refractivity contribution >= 4 is 29.5 Å². The van der Waals surface area contributed by atoms with Gasteiger partial charge >= 0.3 is 6.09 Å². The fraction of sp³-hybridized carbons (Fsp3) is 0.500. The van der Waals surface area contributed by atoms with E-state index in [9.17, 15) is 4.79 Å². The third kappa shape index (κ3) is 3.74. The molecule has 1 amide bonds. The van der Waals surface area contributed by atoms with Crippen LogP contribution >= 0.6 is 23.4 Å². The molecule has 0 unspecified atom stereocenters. The van der Waals surface area contributed by atoms with Gasteiger partial charge in [0.05, 0.1) is 6.54 Å². The van der Waals surface area contributed by atoms with Crippen molar-refractivity contribution in [1.29, 1.82) is 0 Å². The molecule has 92 valence electrons. The van der Waals surface area contributed by atoms with E-state index in [4.69, 9.17) is 16.3 Å². The minimum absolute atomic E-state index is 0.207. The molecule has 0 spiro atoms. The summed E-state index contributed by atoms with van der Waals surface area (Å²) < 4.78 is 4.84. The Bertz CT molecular complexity index is 388. The maximum atomic E-state index is 11.1. The highest BCUT2D eigenvalue weighted by Crippen LogP contribution is 2.16. The summed E-state index contributed by atoms with van der Waals surface area (Å²) in [4.78, 5) is 12.9. The molecule has 1 aliphatic heterocycles. The number of aromatic nitrogens is 2. The maximum absolute atomic E-state index is 11.1. The second kappa shape index (κ2) is 6.07. The molecule has 1 fully saturated rings. The van der Waals surface area contributed by atoms with Gasteiger partial charge in [-0.1, -0.05) is 11.6 Å². The van der Waals surface area contributed by atoms with Gasteiger partial charge in [0.1, 0.15) is 11.6 Å². The van der Waals surface area contributed by atoms with E-state index in [0.29, 0.717) is 18.3 Å². The van der Waals surface area contributed by atoms with Gasteiger partial charge in [0.25, 0.3) is 0 Å². The highest BCUT2D eigenvalue weighted by Gasteiger charge is 2.20. The van der Waals surface area contributed by atoms with Gasteiger partial charge in [0.15, 0.2) is 5.15 Å². The molecule has 17 heavy (non-hydrogen) atoms. The average Bonchev–Trinajstić information content (AvgIpc) is 2.73. The van der Waals surface area contributed by atoms with Gasteiger partial charge in [0, 0.05) is 12.3 Å². The van der Waals surface area contributed by atoms with Crippen molar-refractivity contribution in [2.45, 2.75) is 11.4 Å². The van der Waals surface area contributed by atoms with Crippen LogP contribution in [0.5, 0.6) is 0 Å². The van der Waals surface area contributed by atoms with Crippen LogP contribution in [0.1, 0.15) is 6.42 Å². The Kier molecular flexibility index (Phi) is 4.44. The number of carbonyl (C=O) groups excluding carboxylic acids is 1. The Morgan fingerprint density at radius 2 is 2.35 bits per heavy atom. The lowest BCUT2D eigenvalue weighted by atomic mass is 10.4. The molecule has 1 aliphatic rings. The van der Waals surface area contributed by atoms with E-state index in [1.54, 1.807) is 22.7 Å². The highest BCUT2D eigenvalue weighted by molar-refractivity contribution is 7.99. The summed E-state index contributed by atoms with van der Waals surface area (Å²) >= 11 is 7.24. The second-order valence-electron chi connectivity index (χ2n) is 3.50. The SMILES string of the molecule is O=C1OCCN1CCCSc1ccc(Cl)nn1. The molecule has 2 rings (SSSR count). The third-order valence-corrected chi connectivity index (χ3v) is 3.48. The monoisotopic (exact) mass is 273 g/mol. The van der Waals surface area contributed by atoms with Crippen molar-refractivity contribution in [2.75, 3.05) is 25.4 Å². The number of thioether (sulfide) groups is 1. The van der Waals surface area contributed by atoms with Crippen LogP contribution in [0.25, 0.3) is 0 Å². The van der Waals surface area contributed by atoms with Gasteiger partial charge in [-0.2, -0.15) is 0 Å². The number of hydrogen-bond donors (Lipinski definition) is 0. The standard InChI is InChI=1S/C10H12ClN3O2S/c11-8-2-3-9(13-12-8)17-7-1-4-14-5-6-16-10(14)15/h2-3H,1,4-7H2. The zero-order valence-corrected chi connectivity index (χ0v) is 10.7. The van der Waals surface area contributed by atoms with Crippen molar-refractivity contribution in [1.82, 2.24) is 15.1 Å². The Morgan fingerprint density at radius 3 is 3.00 bits per heavy atom. The molecule has 0 bridgehead atoms. The zero-order valence-electron chi connectivity index (χ0n) is 9.13. The zero-order chi connectivity index (χ0) is 12.1. The molecule has 0 atom stereocenters. The minimum atomic E-state index is -0.207. The smallest absolute Gasteiger partial charge is 0.409 e. The summed E-state index contributed by atoms with van der Waals surface area (Å²) in [5, 5.41) is 8.94. The van der Waals surface area contributed by atoms with Crippen LogP contribution in [0.2, 0.25) is 5.15 Å². The molecule has 1 aromatic heterocycles. The van der Waals surface area contributed by atoms with Crippen molar-refractivity contribution < 1.29 is 9.53 Å². The highest BCUT2D eigenvalue weighted by atomic mass is 35.5. The van der Waals surface area contributed by atoms with Gasteiger partial charge in [0.2, 0.25) is 0 Å². The van der Waals surface area contributed by atoms with Crippen LogP contribution in [0.4, 0.5) is 4.79 Å². The third-order valence-electron chi connectivity index (χ3n) is 2.27. The van der Waals surface area contributed by atoms with Crippen molar-refractivity contribution in [2.24, 2.45) is 0 Å². The van der Waals surface area contributed by atoms with Gasteiger partial charge in [-0.3, -0.25) is 0 Å². The van der Waals surface area contributed by atoms with E-state index in [1.165, 1.54) is 0 Å². The largest absolute Gasteiger partial charge is 0.448 e. The summed E-state index contributed by atoms with van der Waals surface area (Å²) in [5.74, 6) is 0.889. The lowest BCUT2D eigenvalue weighted by Gasteiger charge is -2.11. The van der Waals surface area contributed by atoms with E-state index in [0.717, 1.165) is 23.7 Å². The number of rotatable bonds is 5. The molecule has 0 N–H and O–H groups in total. The van der Waals surface area contributed by atoms with Crippen LogP contribution in [0.3, 0.4) is 0 Å². The summed E-state index contributed by atoms with van der Waals surface area (Å²) in [6, 6.07) is 3.55. The molecule has 0 aliphatic carbocycles. The van der Waals surface area contributed by atoms with Crippen LogP contribution < -0.4 is 0 Å². The molecule has 0 radical (unpaired) electrons. The number of halogens is 1. The number of nitrogens with zero attached hydrogens (tertiary/aromatic N) is 3. The van der Waals surface area contributed by atoms with Crippen molar-refractivity contribution in [3.63, 3.8) is 0 Å². The van der Waals surface area contributed by atoms with Crippen molar-refractivity contribution in [3.8, 4) is 0 Å². The first-order valence-corrected chi connectivity index (χ1v) is 6.66. The summed E-state index contributed by atoms with van der Waals surface area (Å²) in [6.45, 7) is 1.94. The van der Waals surface area contributed by atoms with E-state index < -0.39 is 0 Å². The number of amides is 1. The number of cyclic esters (lactones) is 1. The molecule has 2 heterocycles. The number of hydrogen-bond acceptors (Lipinski definition) is 5. The van der Waals surface area contributed by atoms with E-state index >= 15 is 0 Å². The van der Waals surface area contributed by atoms with Gasteiger partial charge < -0.3 is 9.64 Å². The number of carbonyl (C=O) groups is 1. The Morgan fingerprint density at radius 1 is 1.47 bits per heavy atom. The molecular formula is C10H12ClN3O2S. The van der Waals surface area contributed by atoms with E-state index in [2.05, 4.69) is 10.2 Å². The minimum Gasteiger partial charge on any atom is -0.448 e. The first-order valence-electron chi connectivity index (χ1n) is 5.29. The van der Waals surface area contributed by atoms with Crippen LogP contribution in [-0.4, -0.2) is 46.6 Å². The van der Waals surface area contributed by atoms with Gasteiger partial charge in [-0.25, -0.2) is 4.79 Å². The average molecular weight is 274 g/mol. The van der Waals surface area contributed by atoms with E-state index in [-0.39, 0.29) is 6.09 Å². The first-order chi connectivity index (χ1) is 8.25. The molecule has 0 aromatic carbocycles. The normalized spacial score (nSPS) is 15.1. The summed E-state index contributed by atoms with van der Waals surface area (Å²) in [5.41, 5.74) is 0. The van der Waals surface area contributed by atoms with Crippen LogP contribution in [-0.2, 0) is 4.74 Å². The predicted molar refractivity (Wildman–Crippen MR) is 65.3 cm³/mol. The predicted octanol–water partition coefficient (Wildman–Crippen LogP) is 2.06. The molecule has 1 aromatic rings. The first kappa shape index (κ1) is 12.4. The van der Waals surface area contributed by atoms with E-state index in [1.807, 2.05) is 6.07 Å². The lowest BCUT2D eigenvalue weighted by Crippen LogP contribution is -2.25. The summed E-state index contributed by atoms with van der Waals surface area (Å²) in [7, 11) is 0. The van der Waals surface area contributed by atoms with Crippen molar-refractivity contribution in [3.05, 3.63) is 17.3 Å². The Balaban J connectivity index is 1.66. The van der Waals surface area contributed by atoms with Crippen LogP contribution in [0, 0.1) is 0 Å². The molecule has 7 heteroatoms. The Labute approximate surface area is 108 Å². The van der Waals surface area contributed by atoms with Gasteiger partial charge in [-0.05, 0) is 18.6 Å². The Hall–Kier alpha value is -1.01. The fourth-order valence-electron chi connectivity index (χ4n) is 1.44. The van der Waals surface area contributed by atoms with Gasteiger partial charge in [-0.15, -0.1) is 22.0 Å². The molecule has 1 saturated heterocycles. The second-order valence-corrected chi connectivity index (χ2v) is 5.00. The maximum Gasteiger partial charge on any atom is 0.409 e. The molecule has 5 nitrogen and oxygen atoms in total. The topological polar surface area (TPSA) is 55.3 Å². The summed E-state index contributed by atoms with van der Waals surface area (Å²) in [6.07, 6.45) is 0.700.